The van der Waals surface area contributed by atoms with Crippen LogP contribution in [0.2, 0.25) is 0 Å². The minimum Gasteiger partial charge on any atom is -0.497 e. The molecule has 1 atom stereocenters. The van der Waals surface area contributed by atoms with Crippen LogP contribution in [0.3, 0.4) is 0 Å². The van der Waals surface area contributed by atoms with Gasteiger partial charge in [0.05, 0.1) is 24.7 Å². The van der Waals surface area contributed by atoms with Gasteiger partial charge in [0, 0.05) is 23.5 Å². The lowest BCUT2D eigenvalue weighted by Gasteiger charge is -2.24. The topological polar surface area (TPSA) is 104 Å². The predicted octanol–water partition coefficient (Wildman–Crippen LogP) is 3.53. The summed E-state index contributed by atoms with van der Waals surface area (Å²) in [7, 11) is 1.61. The Bertz CT molecular complexity index is 1440. The van der Waals surface area contributed by atoms with Gasteiger partial charge in [0.15, 0.2) is 0 Å². The highest BCUT2D eigenvalue weighted by molar-refractivity contribution is 5.95. The van der Waals surface area contributed by atoms with Gasteiger partial charge in [0.1, 0.15) is 23.9 Å². The summed E-state index contributed by atoms with van der Waals surface area (Å²) in [6.07, 6.45) is 7.14. The van der Waals surface area contributed by atoms with Gasteiger partial charge in [-0.05, 0) is 36.8 Å². The second-order valence-electron chi connectivity index (χ2n) is 8.00. The first kappa shape index (κ1) is 22.1. The lowest BCUT2D eigenvalue weighted by Crippen LogP contribution is -2.25. The molecule has 35 heavy (non-hydrogen) atoms. The molecule has 4 aromatic rings. The van der Waals surface area contributed by atoms with E-state index >= 15 is 0 Å². The van der Waals surface area contributed by atoms with E-state index in [1.807, 2.05) is 55.5 Å². The van der Waals surface area contributed by atoms with Crippen molar-refractivity contribution in [2.24, 2.45) is 0 Å². The molecule has 0 aliphatic carbocycles. The second-order valence-corrected chi connectivity index (χ2v) is 8.00. The summed E-state index contributed by atoms with van der Waals surface area (Å²) in [6.45, 7) is 2.10. The monoisotopic (exact) mass is 466 g/mol. The highest BCUT2D eigenvalue weighted by Gasteiger charge is 2.33. The molecule has 9 heteroatoms. The third-order valence-corrected chi connectivity index (χ3v) is 5.81. The Labute approximate surface area is 202 Å². The van der Waals surface area contributed by atoms with E-state index in [-0.39, 0.29) is 24.4 Å². The van der Waals surface area contributed by atoms with Gasteiger partial charge < -0.3 is 14.8 Å². The summed E-state index contributed by atoms with van der Waals surface area (Å²) in [5, 5.41) is 15.9. The molecule has 1 amide bonds. The fraction of sp³-hybridized carbons (Fsp3) is 0.192. The minimum absolute atomic E-state index is 0.117. The van der Waals surface area contributed by atoms with Crippen molar-refractivity contribution in [1.29, 1.82) is 0 Å². The molecule has 2 aromatic heterocycles. The first-order chi connectivity index (χ1) is 17.1. The quantitative estimate of drug-likeness (QED) is 0.434. The Kier molecular flexibility index (Phi) is 5.85. The number of terminal acetylenes is 1. The van der Waals surface area contributed by atoms with E-state index in [0.717, 1.165) is 22.4 Å². The number of aryl methyl sites for hydroxylation is 1. The zero-order valence-electron chi connectivity index (χ0n) is 19.2. The van der Waals surface area contributed by atoms with Gasteiger partial charge in [-0.15, -0.1) is 11.5 Å². The number of aromatic nitrogens is 5. The van der Waals surface area contributed by atoms with E-state index in [9.17, 15) is 4.79 Å². The number of hydrogen-bond donors (Lipinski definition) is 1. The number of carbonyl (C=O) groups is 1. The maximum Gasteiger partial charge on any atom is 0.272 e. The molecular formula is C26H22N6O3. The first-order valence-electron chi connectivity index (χ1n) is 11.0. The summed E-state index contributed by atoms with van der Waals surface area (Å²) in [5.74, 6) is 4.34. The Morgan fingerprint density at radius 2 is 2.03 bits per heavy atom. The molecule has 1 N–H and O–H groups in total. The van der Waals surface area contributed by atoms with Gasteiger partial charge >= 0.3 is 0 Å². The number of anilines is 1. The van der Waals surface area contributed by atoms with Crippen LogP contribution in [0.4, 0.5) is 5.82 Å². The second kappa shape index (κ2) is 9.27. The molecule has 174 valence electrons. The summed E-state index contributed by atoms with van der Waals surface area (Å²) < 4.78 is 12.3. The van der Waals surface area contributed by atoms with E-state index in [0.29, 0.717) is 29.4 Å². The molecule has 0 saturated heterocycles. The van der Waals surface area contributed by atoms with Crippen LogP contribution in [0, 0.1) is 19.3 Å². The zero-order chi connectivity index (χ0) is 24.4. The van der Waals surface area contributed by atoms with Gasteiger partial charge in [0.2, 0.25) is 5.91 Å². The van der Waals surface area contributed by atoms with Gasteiger partial charge in [-0.3, -0.25) is 4.79 Å². The maximum absolute atomic E-state index is 12.7. The number of hydrogen-bond acceptors (Lipinski definition) is 7. The fourth-order valence-corrected chi connectivity index (χ4v) is 4.20. The normalized spacial score (nSPS) is 14.5. The van der Waals surface area contributed by atoms with Crippen LogP contribution in [0.5, 0.6) is 11.5 Å². The van der Waals surface area contributed by atoms with Crippen molar-refractivity contribution in [1.82, 2.24) is 25.0 Å². The number of benzene rings is 2. The third kappa shape index (κ3) is 4.29. The van der Waals surface area contributed by atoms with Crippen molar-refractivity contribution in [2.75, 3.05) is 19.0 Å². The van der Waals surface area contributed by atoms with Crippen LogP contribution in [0.1, 0.15) is 29.2 Å². The standard InChI is InChI=1S/C26H22N6O3/c1-4-12-35-19-10-8-17(9-11-19)21-14-23(33)29-25-24(21)16(2)31-32(25)26-28-22(15-27-30-26)18-6-5-7-20(13-18)34-3/h1,5-11,13,15,21H,12,14H2,2-3H3,(H,29,33)/t21-/m0/s1. The lowest BCUT2D eigenvalue weighted by atomic mass is 9.86. The molecule has 0 saturated carbocycles. The number of ether oxygens (including phenoxy) is 2. The van der Waals surface area contributed by atoms with Gasteiger partial charge in [-0.2, -0.15) is 14.9 Å². The van der Waals surface area contributed by atoms with Crippen LogP contribution in [0.15, 0.2) is 54.7 Å². The van der Waals surface area contributed by atoms with Crippen molar-refractivity contribution in [3.8, 4) is 41.0 Å². The summed E-state index contributed by atoms with van der Waals surface area (Å²) >= 11 is 0. The van der Waals surface area contributed by atoms with E-state index < -0.39 is 0 Å². The number of amides is 1. The highest BCUT2D eigenvalue weighted by Crippen LogP contribution is 2.40. The maximum atomic E-state index is 12.7. The van der Waals surface area contributed by atoms with Crippen LogP contribution in [-0.2, 0) is 4.79 Å². The Hall–Kier alpha value is -4.71. The zero-order valence-corrected chi connectivity index (χ0v) is 19.2. The Morgan fingerprint density at radius 1 is 1.20 bits per heavy atom. The molecule has 0 radical (unpaired) electrons. The van der Waals surface area contributed by atoms with Crippen LogP contribution < -0.4 is 14.8 Å². The lowest BCUT2D eigenvalue weighted by molar-refractivity contribution is -0.116. The number of rotatable bonds is 6. The number of methoxy groups -OCH3 is 1. The minimum atomic E-state index is -0.177. The number of nitrogens with one attached hydrogen (secondary N) is 1. The van der Waals surface area contributed by atoms with Crippen LogP contribution in [-0.4, -0.2) is 44.6 Å². The van der Waals surface area contributed by atoms with Crippen molar-refractivity contribution in [3.63, 3.8) is 0 Å². The number of fused-ring (bicyclic) bond motifs is 1. The predicted molar refractivity (Wildman–Crippen MR) is 130 cm³/mol. The van der Waals surface area contributed by atoms with Gasteiger partial charge in [-0.1, -0.05) is 30.2 Å². The van der Waals surface area contributed by atoms with Crippen LogP contribution >= 0.6 is 0 Å². The smallest absolute Gasteiger partial charge is 0.272 e. The van der Waals surface area contributed by atoms with Crippen molar-refractivity contribution in [3.05, 3.63) is 71.5 Å². The summed E-state index contributed by atoms with van der Waals surface area (Å²) in [4.78, 5) is 17.4. The molecule has 0 fully saturated rings. The van der Waals surface area contributed by atoms with Gasteiger partial charge in [0.25, 0.3) is 5.95 Å². The van der Waals surface area contributed by atoms with E-state index in [1.165, 1.54) is 4.68 Å². The summed E-state index contributed by atoms with van der Waals surface area (Å²) in [6, 6.07) is 15.1. The van der Waals surface area contributed by atoms with E-state index in [4.69, 9.17) is 15.9 Å². The van der Waals surface area contributed by atoms with Crippen molar-refractivity contribution in [2.45, 2.75) is 19.3 Å². The van der Waals surface area contributed by atoms with E-state index in [2.05, 4.69) is 31.5 Å². The molecule has 3 heterocycles. The number of carbonyl (C=O) groups excluding carboxylic acids is 1. The van der Waals surface area contributed by atoms with Gasteiger partial charge in [-0.25, -0.2) is 4.98 Å². The molecule has 0 bridgehead atoms. The average Bonchev–Trinajstić information content (AvgIpc) is 3.23. The van der Waals surface area contributed by atoms with Crippen molar-refractivity contribution >= 4 is 11.7 Å². The largest absolute Gasteiger partial charge is 0.497 e. The molecule has 1 aliphatic rings. The molecule has 9 nitrogen and oxygen atoms in total. The summed E-state index contributed by atoms with van der Waals surface area (Å²) in [5.41, 5.74) is 4.09. The highest BCUT2D eigenvalue weighted by atomic mass is 16.5. The first-order valence-corrected chi connectivity index (χ1v) is 11.0. The van der Waals surface area contributed by atoms with Crippen LogP contribution in [0.25, 0.3) is 17.2 Å². The average molecular weight is 467 g/mol. The molecule has 2 aromatic carbocycles. The Morgan fingerprint density at radius 3 is 2.80 bits per heavy atom. The molecule has 1 aliphatic heterocycles. The Balaban J connectivity index is 1.53. The SMILES string of the molecule is C#CCOc1ccc([C@@H]2CC(=O)Nc3c2c(C)nn3-c2nncc(-c3cccc(OC)c3)n2)cc1. The molecular weight excluding hydrogens is 444 g/mol. The van der Waals surface area contributed by atoms with Crippen molar-refractivity contribution < 1.29 is 14.3 Å². The number of nitrogens with zero attached hydrogens (tertiary/aromatic N) is 5. The third-order valence-electron chi connectivity index (χ3n) is 5.81. The molecule has 5 rings (SSSR count). The van der Waals surface area contributed by atoms with E-state index in [1.54, 1.807) is 13.3 Å². The fourth-order valence-electron chi connectivity index (χ4n) is 4.20. The molecule has 0 spiro atoms. The molecule has 0 unspecified atom stereocenters.